The van der Waals surface area contributed by atoms with E-state index in [-0.39, 0.29) is 11.6 Å². The Balaban J connectivity index is 2.44. The molecule has 2 aromatic heterocycles. The second kappa shape index (κ2) is 5.51. The van der Waals surface area contributed by atoms with Crippen molar-refractivity contribution < 1.29 is 19.2 Å². The van der Waals surface area contributed by atoms with E-state index in [9.17, 15) is 9.59 Å². The van der Waals surface area contributed by atoms with E-state index in [1.54, 1.807) is 33.8 Å². The summed E-state index contributed by atoms with van der Waals surface area (Å²) in [6.07, 6.45) is 0. The molecule has 2 heterocycles. The third kappa shape index (κ3) is 2.86. The average Bonchev–Trinajstić information content (AvgIpc) is 2.75. The molecule has 0 saturated carbocycles. The number of carbonyl (C=O) groups is 2. The van der Waals surface area contributed by atoms with Crippen molar-refractivity contribution in [1.82, 2.24) is 15.5 Å². The van der Waals surface area contributed by atoms with Gasteiger partial charge in [0.1, 0.15) is 6.04 Å². The van der Waals surface area contributed by atoms with E-state index >= 15 is 0 Å². The first-order valence-corrected chi connectivity index (χ1v) is 6.58. The van der Waals surface area contributed by atoms with Gasteiger partial charge in [-0.3, -0.25) is 4.79 Å². The highest BCUT2D eigenvalue weighted by atomic mass is 16.5. The van der Waals surface area contributed by atoms with Gasteiger partial charge in [0.2, 0.25) is 0 Å². The van der Waals surface area contributed by atoms with Crippen LogP contribution in [0.5, 0.6) is 0 Å². The molecule has 7 heteroatoms. The maximum absolute atomic E-state index is 12.4. The molecular formula is C14H17N3O4. The van der Waals surface area contributed by atoms with Crippen LogP contribution in [0, 0.1) is 19.8 Å². The van der Waals surface area contributed by atoms with Gasteiger partial charge in [-0.25, -0.2) is 9.78 Å². The second-order valence-corrected chi connectivity index (χ2v) is 5.29. The molecule has 0 fully saturated rings. The summed E-state index contributed by atoms with van der Waals surface area (Å²) >= 11 is 0. The highest BCUT2D eigenvalue weighted by Gasteiger charge is 2.26. The third-order valence-electron chi connectivity index (χ3n) is 3.21. The van der Waals surface area contributed by atoms with Crippen LogP contribution < -0.4 is 5.32 Å². The lowest BCUT2D eigenvalue weighted by Gasteiger charge is -2.18. The van der Waals surface area contributed by atoms with Crippen molar-refractivity contribution in [1.29, 1.82) is 0 Å². The number of hydrogen-bond acceptors (Lipinski definition) is 5. The Hall–Kier alpha value is -2.44. The van der Waals surface area contributed by atoms with E-state index < -0.39 is 17.9 Å². The molecule has 2 rings (SSSR count). The second-order valence-electron chi connectivity index (χ2n) is 5.29. The third-order valence-corrected chi connectivity index (χ3v) is 3.21. The van der Waals surface area contributed by atoms with Gasteiger partial charge in [-0.15, -0.1) is 0 Å². The van der Waals surface area contributed by atoms with Gasteiger partial charge in [0.05, 0.1) is 16.6 Å². The highest BCUT2D eigenvalue weighted by molar-refractivity contribution is 6.07. The Bertz CT molecular complexity index is 706. The van der Waals surface area contributed by atoms with Crippen LogP contribution in [-0.2, 0) is 4.79 Å². The fourth-order valence-corrected chi connectivity index (χ4v) is 2.13. The van der Waals surface area contributed by atoms with Gasteiger partial charge >= 0.3 is 5.97 Å². The maximum atomic E-state index is 12.4. The van der Waals surface area contributed by atoms with Crippen LogP contribution in [0.15, 0.2) is 10.6 Å². The van der Waals surface area contributed by atoms with Crippen LogP contribution in [0.2, 0.25) is 0 Å². The first-order valence-electron chi connectivity index (χ1n) is 6.58. The number of aliphatic carboxylic acids is 1. The average molecular weight is 291 g/mol. The highest BCUT2D eigenvalue weighted by Crippen LogP contribution is 2.22. The van der Waals surface area contributed by atoms with Crippen molar-refractivity contribution in [2.45, 2.75) is 33.7 Å². The molecule has 0 spiro atoms. The lowest BCUT2D eigenvalue weighted by Crippen LogP contribution is -2.44. The monoisotopic (exact) mass is 291 g/mol. The molecule has 0 aliphatic carbocycles. The first-order chi connectivity index (χ1) is 9.81. The summed E-state index contributed by atoms with van der Waals surface area (Å²) in [6.45, 7) is 6.90. The first kappa shape index (κ1) is 15.0. The number of carbonyl (C=O) groups excluding carboxylic acids is 1. The number of rotatable bonds is 4. The Morgan fingerprint density at radius 1 is 1.33 bits per heavy atom. The Labute approximate surface area is 121 Å². The van der Waals surface area contributed by atoms with E-state index in [2.05, 4.69) is 15.5 Å². The lowest BCUT2D eigenvalue weighted by molar-refractivity contribution is -0.140. The summed E-state index contributed by atoms with van der Waals surface area (Å²) in [5, 5.41) is 16.0. The number of aromatic nitrogens is 2. The van der Waals surface area contributed by atoms with Gasteiger partial charge in [-0.1, -0.05) is 19.0 Å². The summed E-state index contributed by atoms with van der Waals surface area (Å²) in [6, 6.07) is 0.641. The number of hydrogen-bond donors (Lipinski definition) is 2. The zero-order chi connectivity index (χ0) is 15.7. The van der Waals surface area contributed by atoms with Gasteiger partial charge in [0, 0.05) is 5.69 Å². The van der Waals surface area contributed by atoms with Crippen LogP contribution >= 0.6 is 0 Å². The molecule has 1 amide bonds. The number of carboxylic acids is 1. The van der Waals surface area contributed by atoms with Crippen LogP contribution in [0.25, 0.3) is 11.1 Å². The topological polar surface area (TPSA) is 105 Å². The van der Waals surface area contributed by atoms with Gasteiger partial charge in [0.15, 0.2) is 0 Å². The van der Waals surface area contributed by atoms with Crippen molar-refractivity contribution in [2.24, 2.45) is 5.92 Å². The lowest BCUT2D eigenvalue weighted by atomic mass is 10.0. The fraction of sp³-hybridized carbons (Fsp3) is 0.429. The number of carboxylic acid groups (broad SMARTS) is 1. The Kier molecular flexibility index (Phi) is 3.93. The zero-order valence-corrected chi connectivity index (χ0v) is 12.3. The molecule has 2 aromatic rings. The summed E-state index contributed by atoms with van der Waals surface area (Å²) in [5.74, 6) is -1.77. The number of aryl methyl sites for hydroxylation is 2. The SMILES string of the molecule is Cc1cc(C(=O)N[C@@H](C(=O)O)C(C)C)c2c(C)noc2n1. The molecule has 21 heavy (non-hydrogen) atoms. The molecule has 0 aliphatic heterocycles. The smallest absolute Gasteiger partial charge is 0.326 e. The Morgan fingerprint density at radius 2 is 2.00 bits per heavy atom. The van der Waals surface area contributed by atoms with E-state index in [4.69, 9.17) is 9.63 Å². The van der Waals surface area contributed by atoms with Crippen LogP contribution in [0.4, 0.5) is 0 Å². The van der Waals surface area contributed by atoms with Crippen LogP contribution in [0.3, 0.4) is 0 Å². The molecule has 0 aromatic carbocycles. The molecule has 0 saturated heterocycles. The number of nitrogens with zero attached hydrogens (tertiary/aromatic N) is 2. The largest absolute Gasteiger partial charge is 0.480 e. The molecule has 112 valence electrons. The van der Waals surface area contributed by atoms with Gasteiger partial charge < -0.3 is 14.9 Å². The number of amides is 1. The Morgan fingerprint density at radius 3 is 2.57 bits per heavy atom. The van der Waals surface area contributed by atoms with Crippen molar-refractivity contribution in [2.75, 3.05) is 0 Å². The molecule has 0 bridgehead atoms. The number of fused-ring (bicyclic) bond motifs is 1. The van der Waals surface area contributed by atoms with Gasteiger partial charge in [-0.05, 0) is 25.8 Å². The molecule has 0 aliphatic rings. The molecule has 1 atom stereocenters. The van der Waals surface area contributed by atoms with Crippen molar-refractivity contribution in [3.05, 3.63) is 23.0 Å². The zero-order valence-electron chi connectivity index (χ0n) is 12.3. The number of pyridine rings is 1. The number of nitrogens with one attached hydrogen (secondary N) is 1. The molecule has 7 nitrogen and oxygen atoms in total. The van der Waals surface area contributed by atoms with Crippen molar-refractivity contribution >= 4 is 23.0 Å². The summed E-state index contributed by atoms with van der Waals surface area (Å²) < 4.78 is 5.06. The molecule has 0 radical (unpaired) electrons. The predicted molar refractivity (Wildman–Crippen MR) is 75.0 cm³/mol. The fourth-order valence-electron chi connectivity index (χ4n) is 2.13. The van der Waals surface area contributed by atoms with E-state index in [0.29, 0.717) is 22.3 Å². The molecule has 2 N–H and O–H groups in total. The molecule has 0 unspecified atom stereocenters. The summed E-state index contributed by atoms with van der Waals surface area (Å²) in [7, 11) is 0. The van der Waals surface area contributed by atoms with E-state index in [1.807, 2.05) is 0 Å². The van der Waals surface area contributed by atoms with Gasteiger partial charge in [0.25, 0.3) is 11.6 Å². The van der Waals surface area contributed by atoms with E-state index in [0.717, 1.165) is 0 Å². The molecular weight excluding hydrogens is 274 g/mol. The minimum atomic E-state index is -1.07. The van der Waals surface area contributed by atoms with Gasteiger partial charge in [-0.2, -0.15) is 0 Å². The predicted octanol–water partition coefficient (Wildman–Crippen LogP) is 1.68. The quantitative estimate of drug-likeness (QED) is 0.887. The minimum absolute atomic E-state index is 0.228. The summed E-state index contributed by atoms with van der Waals surface area (Å²) in [5.41, 5.74) is 1.73. The maximum Gasteiger partial charge on any atom is 0.326 e. The van der Waals surface area contributed by atoms with Crippen LogP contribution in [0.1, 0.15) is 35.6 Å². The van der Waals surface area contributed by atoms with Crippen LogP contribution in [-0.4, -0.2) is 33.2 Å². The normalized spacial score (nSPS) is 12.6. The summed E-state index contributed by atoms with van der Waals surface area (Å²) in [4.78, 5) is 27.8. The van der Waals surface area contributed by atoms with Crippen molar-refractivity contribution in [3.63, 3.8) is 0 Å². The van der Waals surface area contributed by atoms with E-state index in [1.165, 1.54) is 0 Å². The standard InChI is InChI=1S/C14H17N3O4/c1-6(2)11(14(19)20)16-12(18)9-5-7(3)15-13-10(9)8(4)17-21-13/h5-6,11H,1-4H3,(H,16,18)(H,19,20)/t11-/m1/s1. The van der Waals surface area contributed by atoms with Crippen molar-refractivity contribution in [3.8, 4) is 0 Å². The minimum Gasteiger partial charge on any atom is -0.480 e.